The summed E-state index contributed by atoms with van der Waals surface area (Å²) in [6.45, 7) is 3.47. The van der Waals surface area contributed by atoms with Crippen molar-refractivity contribution in [1.29, 1.82) is 0 Å². The first-order valence-electron chi connectivity index (χ1n) is 14.0. The fourth-order valence-electron chi connectivity index (χ4n) is 4.44. The van der Waals surface area contributed by atoms with Gasteiger partial charge in [-0.2, -0.15) is 5.10 Å². The zero-order valence-electron chi connectivity index (χ0n) is 22.8. The minimum Gasteiger partial charge on any atom is -0.494 e. The van der Waals surface area contributed by atoms with Crippen molar-refractivity contribution in [3.05, 3.63) is 96.8 Å². The number of aryl methyl sites for hydroxylation is 1. The topological polar surface area (TPSA) is 68.5 Å². The number of benzene rings is 3. The van der Waals surface area contributed by atoms with Crippen LogP contribution in [-0.2, 0) is 11.3 Å². The summed E-state index contributed by atoms with van der Waals surface area (Å²) in [5.74, 6) is 0.702. The molecule has 1 heterocycles. The van der Waals surface area contributed by atoms with E-state index in [1.165, 1.54) is 32.1 Å². The summed E-state index contributed by atoms with van der Waals surface area (Å²) in [7, 11) is 0. The molecule has 202 valence electrons. The number of nitrogens with one attached hydrogen (secondary N) is 1. The average molecular weight is 523 g/mol. The van der Waals surface area contributed by atoms with E-state index in [1.807, 2.05) is 65.2 Å². The van der Waals surface area contributed by atoms with Gasteiger partial charge in [-0.05, 0) is 36.2 Å². The van der Waals surface area contributed by atoms with Gasteiger partial charge < -0.3 is 9.30 Å². The lowest BCUT2D eigenvalue weighted by atomic mass is 10.0. The quantitative estimate of drug-likeness (QED) is 0.0998. The van der Waals surface area contributed by atoms with Gasteiger partial charge in [0.2, 0.25) is 5.91 Å². The number of carbonyl (C=O) groups excluding carboxylic acids is 1. The number of ether oxygens (including phenoxy) is 1. The first-order chi connectivity index (χ1) is 19.2. The maximum absolute atomic E-state index is 12.5. The van der Waals surface area contributed by atoms with Crippen molar-refractivity contribution >= 4 is 12.1 Å². The number of amides is 1. The third-order valence-corrected chi connectivity index (χ3v) is 6.56. The highest BCUT2D eigenvalue weighted by atomic mass is 16.5. The van der Waals surface area contributed by atoms with Gasteiger partial charge in [-0.3, -0.25) is 4.79 Å². The Morgan fingerprint density at radius 3 is 2.26 bits per heavy atom. The molecule has 0 aliphatic rings. The molecule has 6 heteroatoms. The van der Waals surface area contributed by atoms with Gasteiger partial charge in [-0.25, -0.2) is 10.4 Å². The Morgan fingerprint density at radius 2 is 1.54 bits per heavy atom. The molecule has 0 unspecified atom stereocenters. The predicted octanol–water partition coefficient (Wildman–Crippen LogP) is 7.50. The average Bonchev–Trinajstić information content (AvgIpc) is 3.41. The summed E-state index contributed by atoms with van der Waals surface area (Å²) in [6, 6.07) is 28.0. The van der Waals surface area contributed by atoms with Crippen LogP contribution in [0.15, 0.2) is 96.4 Å². The molecule has 3 aromatic carbocycles. The molecule has 0 spiro atoms. The van der Waals surface area contributed by atoms with E-state index in [0.29, 0.717) is 6.54 Å². The molecule has 1 N–H and O–H groups in total. The van der Waals surface area contributed by atoms with Gasteiger partial charge >= 0.3 is 0 Å². The summed E-state index contributed by atoms with van der Waals surface area (Å²) in [6.07, 6.45) is 11.2. The molecule has 6 nitrogen and oxygen atoms in total. The predicted molar refractivity (Wildman–Crippen MR) is 159 cm³/mol. The van der Waals surface area contributed by atoms with Crippen molar-refractivity contribution in [2.45, 2.75) is 58.4 Å². The molecular weight excluding hydrogens is 484 g/mol. The fourth-order valence-corrected chi connectivity index (χ4v) is 4.44. The van der Waals surface area contributed by atoms with E-state index >= 15 is 0 Å². The molecule has 39 heavy (non-hydrogen) atoms. The van der Waals surface area contributed by atoms with Crippen molar-refractivity contribution in [2.75, 3.05) is 6.61 Å². The minimum absolute atomic E-state index is 0.154. The van der Waals surface area contributed by atoms with E-state index in [-0.39, 0.29) is 12.3 Å². The van der Waals surface area contributed by atoms with Gasteiger partial charge in [0.05, 0.1) is 30.5 Å². The number of imidazole rings is 1. The minimum atomic E-state index is -0.154. The van der Waals surface area contributed by atoms with Crippen molar-refractivity contribution in [3.63, 3.8) is 0 Å². The van der Waals surface area contributed by atoms with Gasteiger partial charge in [-0.1, -0.05) is 99.7 Å². The summed E-state index contributed by atoms with van der Waals surface area (Å²) in [5, 5.41) is 4.14. The molecule has 0 radical (unpaired) electrons. The maximum Gasteiger partial charge on any atom is 0.241 e. The summed E-state index contributed by atoms with van der Waals surface area (Å²) >= 11 is 0. The Hall–Kier alpha value is -4.19. The molecule has 0 atom stereocenters. The molecule has 0 saturated carbocycles. The standard InChI is InChI=1S/C33H38N4O2/c1-2-3-4-5-6-13-24-39-30-20-18-27(19-21-30)25-35-36-31(38)22-23-37-26-34-32(28-14-9-7-10-15-28)33(37)29-16-11-8-12-17-29/h7-12,14-21,25-26H,2-6,13,22-24H2,1H3,(H,36,38)/b35-25+. The SMILES string of the molecule is CCCCCCCCOc1ccc(/C=N/NC(=O)CCn2cnc(-c3ccccc3)c2-c2ccccc2)cc1. The second-order valence-electron chi connectivity index (χ2n) is 9.60. The van der Waals surface area contributed by atoms with Gasteiger partial charge in [-0.15, -0.1) is 0 Å². The molecule has 0 aliphatic carbocycles. The van der Waals surface area contributed by atoms with E-state index in [0.717, 1.165) is 46.9 Å². The number of carbonyl (C=O) groups is 1. The number of rotatable bonds is 15. The first-order valence-corrected chi connectivity index (χ1v) is 14.0. The third kappa shape index (κ3) is 8.67. The molecule has 0 bridgehead atoms. The number of aromatic nitrogens is 2. The number of unbranched alkanes of at least 4 members (excludes halogenated alkanes) is 5. The van der Waals surface area contributed by atoms with Crippen molar-refractivity contribution < 1.29 is 9.53 Å². The Morgan fingerprint density at radius 1 is 0.872 bits per heavy atom. The molecule has 0 aliphatic heterocycles. The van der Waals surface area contributed by atoms with Crippen LogP contribution in [0.5, 0.6) is 5.75 Å². The fraction of sp³-hybridized carbons (Fsp3) is 0.303. The molecule has 0 saturated heterocycles. The monoisotopic (exact) mass is 522 g/mol. The van der Waals surface area contributed by atoms with E-state index in [9.17, 15) is 4.79 Å². The highest BCUT2D eigenvalue weighted by molar-refractivity contribution is 5.83. The zero-order chi connectivity index (χ0) is 27.1. The number of hydrazone groups is 1. The molecule has 1 amide bonds. The van der Waals surface area contributed by atoms with E-state index < -0.39 is 0 Å². The highest BCUT2D eigenvalue weighted by Crippen LogP contribution is 2.31. The van der Waals surface area contributed by atoms with Crippen molar-refractivity contribution in [1.82, 2.24) is 15.0 Å². The molecular formula is C33H38N4O2. The molecule has 4 rings (SSSR count). The van der Waals surface area contributed by atoms with Gasteiger partial charge in [0.15, 0.2) is 0 Å². The molecule has 4 aromatic rings. The lowest BCUT2D eigenvalue weighted by Crippen LogP contribution is -2.19. The second kappa shape index (κ2) is 15.3. The Labute approximate surface area is 231 Å². The van der Waals surface area contributed by atoms with Crippen LogP contribution >= 0.6 is 0 Å². The van der Waals surface area contributed by atoms with Crippen LogP contribution in [0.1, 0.15) is 57.4 Å². The van der Waals surface area contributed by atoms with E-state index in [2.05, 4.69) is 46.7 Å². The Balaban J connectivity index is 1.26. The van der Waals surface area contributed by atoms with Crippen LogP contribution in [0.4, 0.5) is 0 Å². The molecule has 1 aromatic heterocycles. The smallest absolute Gasteiger partial charge is 0.241 e. The third-order valence-electron chi connectivity index (χ3n) is 6.56. The zero-order valence-corrected chi connectivity index (χ0v) is 22.8. The lowest BCUT2D eigenvalue weighted by Gasteiger charge is -2.10. The molecule has 0 fully saturated rings. The van der Waals surface area contributed by atoms with Crippen molar-refractivity contribution in [3.8, 4) is 28.3 Å². The summed E-state index contributed by atoms with van der Waals surface area (Å²) in [4.78, 5) is 17.2. The van der Waals surface area contributed by atoms with Crippen LogP contribution < -0.4 is 10.2 Å². The highest BCUT2D eigenvalue weighted by Gasteiger charge is 2.15. The van der Waals surface area contributed by atoms with Gasteiger partial charge in [0.1, 0.15) is 5.75 Å². The largest absolute Gasteiger partial charge is 0.494 e. The summed E-state index contributed by atoms with van der Waals surface area (Å²) in [5.41, 5.74) is 7.55. The normalized spacial score (nSPS) is 11.1. The number of hydrogen-bond acceptors (Lipinski definition) is 4. The van der Waals surface area contributed by atoms with Crippen LogP contribution in [0.25, 0.3) is 22.5 Å². The van der Waals surface area contributed by atoms with E-state index in [4.69, 9.17) is 4.74 Å². The van der Waals surface area contributed by atoms with Crippen molar-refractivity contribution in [2.24, 2.45) is 5.10 Å². The van der Waals surface area contributed by atoms with Gasteiger partial charge in [0.25, 0.3) is 0 Å². The number of nitrogens with zero attached hydrogens (tertiary/aromatic N) is 3. The Kier molecular flexibility index (Phi) is 10.9. The van der Waals surface area contributed by atoms with Crippen LogP contribution in [0.3, 0.4) is 0 Å². The Bertz CT molecular complexity index is 1300. The van der Waals surface area contributed by atoms with Crippen LogP contribution in [-0.4, -0.2) is 28.3 Å². The van der Waals surface area contributed by atoms with E-state index in [1.54, 1.807) is 12.5 Å². The first kappa shape index (κ1) is 27.8. The lowest BCUT2D eigenvalue weighted by molar-refractivity contribution is -0.121. The van der Waals surface area contributed by atoms with Crippen LogP contribution in [0, 0.1) is 0 Å². The summed E-state index contributed by atoms with van der Waals surface area (Å²) < 4.78 is 7.87. The maximum atomic E-state index is 12.5. The second-order valence-corrected chi connectivity index (χ2v) is 9.60. The van der Waals surface area contributed by atoms with Crippen LogP contribution in [0.2, 0.25) is 0 Å². The number of hydrogen-bond donors (Lipinski definition) is 1. The van der Waals surface area contributed by atoms with Gasteiger partial charge in [0, 0.05) is 24.1 Å².